The lowest BCUT2D eigenvalue weighted by Gasteiger charge is -2.06. The molecule has 0 aliphatic rings. The topological polar surface area (TPSA) is 61.8 Å². The summed E-state index contributed by atoms with van der Waals surface area (Å²) in [5.41, 5.74) is 0. The molecule has 2 aromatic rings. The van der Waals surface area contributed by atoms with E-state index in [1.54, 1.807) is 21.1 Å². The molecule has 0 saturated carbocycles. The minimum Gasteiger partial charge on any atom is -0.493 e. The fourth-order valence-electron chi connectivity index (χ4n) is 2.17. The quantitative estimate of drug-likeness (QED) is 0.603. The lowest BCUT2D eigenvalue weighted by molar-refractivity contribution is -0.144. The Labute approximate surface area is 132 Å². The number of fused-ring (bicyclic) bond motifs is 1. The van der Waals surface area contributed by atoms with E-state index in [4.69, 9.17) is 9.47 Å². The van der Waals surface area contributed by atoms with Gasteiger partial charge in [-0.3, -0.25) is 9.59 Å². The van der Waals surface area contributed by atoms with E-state index < -0.39 is 5.92 Å². The van der Waals surface area contributed by atoms with E-state index >= 15 is 0 Å². The number of ether oxygens (including phenoxy) is 3. The summed E-state index contributed by atoms with van der Waals surface area (Å²) in [6, 6.07) is 5.50. The number of carbonyl (C=O) groups is 2. The van der Waals surface area contributed by atoms with Gasteiger partial charge in [-0.05, 0) is 17.5 Å². The van der Waals surface area contributed by atoms with Gasteiger partial charge in [-0.2, -0.15) is 0 Å². The van der Waals surface area contributed by atoms with Gasteiger partial charge in [0.15, 0.2) is 17.3 Å². The molecule has 0 bridgehead atoms. The van der Waals surface area contributed by atoms with E-state index in [1.165, 1.54) is 18.4 Å². The molecule has 1 heterocycles. The standard InChI is InChI=1S/C16H18O5S/c1-9(16(18)21-4)5-11(17)15-7-10-6-12(19-2)13(20-3)8-14(10)22-15/h6-9H,5H2,1-4H3/t9-/m0/s1. The molecule has 22 heavy (non-hydrogen) atoms. The molecular weight excluding hydrogens is 304 g/mol. The molecule has 6 heteroatoms. The van der Waals surface area contributed by atoms with E-state index in [1.807, 2.05) is 18.2 Å². The third kappa shape index (κ3) is 3.22. The molecule has 0 aliphatic carbocycles. The molecular formula is C16H18O5S. The normalized spacial score (nSPS) is 12.0. The Hall–Kier alpha value is -2.08. The summed E-state index contributed by atoms with van der Waals surface area (Å²) >= 11 is 1.38. The van der Waals surface area contributed by atoms with Crippen LogP contribution in [0.1, 0.15) is 23.0 Å². The van der Waals surface area contributed by atoms with E-state index in [0.717, 1.165) is 10.1 Å². The Morgan fingerprint density at radius 2 is 1.73 bits per heavy atom. The van der Waals surface area contributed by atoms with Crippen molar-refractivity contribution in [2.45, 2.75) is 13.3 Å². The van der Waals surface area contributed by atoms with Gasteiger partial charge in [0.05, 0.1) is 32.1 Å². The van der Waals surface area contributed by atoms with Gasteiger partial charge >= 0.3 is 5.97 Å². The van der Waals surface area contributed by atoms with Crippen molar-refractivity contribution < 1.29 is 23.8 Å². The van der Waals surface area contributed by atoms with Gasteiger partial charge in [0.25, 0.3) is 0 Å². The maximum atomic E-state index is 12.3. The monoisotopic (exact) mass is 322 g/mol. The second-order valence-corrected chi connectivity index (χ2v) is 5.99. The summed E-state index contributed by atoms with van der Waals surface area (Å²) in [4.78, 5) is 24.3. The van der Waals surface area contributed by atoms with Crippen LogP contribution in [0.2, 0.25) is 0 Å². The number of carbonyl (C=O) groups excluding carboxylic acids is 2. The lowest BCUT2D eigenvalue weighted by Crippen LogP contribution is -2.16. The van der Waals surface area contributed by atoms with Crippen molar-refractivity contribution in [2.24, 2.45) is 5.92 Å². The number of methoxy groups -OCH3 is 3. The average Bonchev–Trinajstić information content (AvgIpc) is 2.95. The van der Waals surface area contributed by atoms with Crippen LogP contribution in [-0.4, -0.2) is 33.1 Å². The smallest absolute Gasteiger partial charge is 0.308 e. The molecule has 0 spiro atoms. The van der Waals surface area contributed by atoms with Crippen molar-refractivity contribution in [3.63, 3.8) is 0 Å². The van der Waals surface area contributed by atoms with E-state index in [0.29, 0.717) is 16.4 Å². The lowest BCUT2D eigenvalue weighted by atomic mass is 10.0. The van der Waals surface area contributed by atoms with Gasteiger partial charge in [0.1, 0.15) is 0 Å². The summed E-state index contributed by atoms with van der Waals surface area (Å²) in [7, 11) is 4.46. The van der Waals surface area contributed by atoms with Crippen LogP contribution in [0.5, 0.6) is 11.5 Å². The third-order valence-electron chi connectivity index (χ3n) is 3.39. The highest BCUT2D eigenvalue weighted by molar-refractivity contribution is 7.20. The fourth-order valence-corrected chi connectivity index (χ4v) is 3.19. The first-order chi connectivity index (χ1) is 10.5. The number of benzene rings is 1. The van der Waals surface area contributed by atoms with Gasteiger partial charge in [0, 0.05) is 17.2 Å². The average molecular weight is 322 g/mol. The van der Waals surface area contributed by atoms with Crippen LogP contribution in [0.15, 0.2) is 18.2 Å². The maximum absolute atomic E-state index is 12.3. The first-order valence-electron chi connectivity index (χ1n) is 6.76. The summed E-state index contributed by atoms with van der Waals surface area (Å²) < 4.78 is 16.1. The predicted molar refractivity (Wildman–Crippen MR) is 85.1 cm³/mol. The van der Waals surface area contributed by atoms with Crippen molar-refractivity contribution in [3.05, 3.63) is 23.1 Å². The Bertz CT molecular complexity index is 663. The highest BCUT2D eigenvalue weighted by Gasteiger charge is 2.20. The van der Waals surface area contributed by atoms with E-state index in [-0.39, 0.29) is 18.2 Å². The first-order valence-corrected chi connectivity index (χ1v) is 7.58. The SMILES string of the molecule is COC(=O)[C@@H](C)CC(=O)c1cc2cc(OC)c(OC)cc2s1. The number of ketones is 1. The molecule has 118 valence electrons. The zero-order valence-electron chi connectivity index (χ0n) is 13.0. The number of thiophene rings is 1. The van der Waals surface area contributed by atoms with Gasteiger partial charge in [-0.1, -0.05) is 6.92 Å². The van der Waals surface area contributed by atoms with Crippen LogP contribution in [0.3, 0.4) is 0 Å². The fraction of sp³-hybridized carbons (Fsp3) is 0.375. The number of hydrogen-bond donors (Lipinski definition) is 0. The minimum atomic E-state index is -0.452. The Kier molecular flexibility index (Phi) is 5.03. The van der Waals surface area contributed by atoms with Gasteiger partial charge in [0.2, 0.25) is 0 Å². The summed E-state index contributed by atoms with van der Waals surface area (Å²) in [5, 5.41) is 0.914. The molecule has 0 saturated heterocycles. The molecule has 1 aromatic heterocycles. The summed E-state index contributed by atoms with van der Waals surface area (Å²) in [5.74, 6) is 0.343. The first kappa shape index (κ1) is 16.3. The third-order valence-corrected chi connectivity index (χ3v) is 4.53. The second-order valence-electron chi connectivity index (χ2n) is 4.91. The number of rotatable bonds is 6. The van der Waals surface area contributed by atoms with E-state index in [2.05, 4.69) is 4.74 Å². The summed E-state index contributed by atoms with van der Waals surface area (Å²) in [6.07, 6.45) is 0.133. The van der Waals surface area contributed by atoms with Crippen LogP contribution in [0.4, 0.5) is 0 Å². The molecule has 0 aliphatic heterocycles. The van der Waals surface area contributed by atoms with Crippen LogP contribution >= 0.6 is 11.3 Å². The molecule has 0 N–H and O–H groups in total. The summed E-state index contributed by atoms with van der Waals surface area (Å²) in [6.45, 7) is 1.68. The molecule has 0 fully saturated rings. The van der Waals surface area contributed by atoms with Crippen molar-refractivity contribution in [1.82, 2.24) is 0 Å². The highest BCUT2D eigenvalue weighted by atomic mass is 32.1. The molecule has 0 unspecified atom stereocenters. The van der Waals surface area contributed by atoms with Crippen molar-refractivity contribution in [3.8, 4) is 11.5 Å². The van der Waals surface area contributed by atoms with Crippen molar-refractivity contribution >= 4 is 33.2 Å². The molecule has 2 rings (SSSR count). The zero-order valence-corrected chi connectivity index (χ0v) is 13.8. The van der Waals surface area contributed by atoms with Gasteiger partial charge in [-0.15, -0.1) is 11.3 Å². The van der Waals surface area contributed by atoms with Crippen molar-refractivity contribution in [1.29, 1.82) is 0 Å². The number of esters is 1. The van der Waals surface area contributed by atoms with Gasteiger partial charge in [-0.25, -0.2) is 0 Å². The van der Waals surface area contributed by atoms with E-state index in [9.17, 15) is 9.59 Å². The minimum absolute atomic E-state index is 0.0722. The Morgan fingerprint density at radius 3 is 2.32 bits per heavy atom. The van der Waals surface area contributed by atoms with Crippen LogP contribution in [-0.2, 0) is 9.53 Å². The number of Topliss-reactive ketones (excluding diaryl/α,β-unsaturated/α-hetero) is 1. The largest absolute Gasteiger partial charge is 0.493 e. The Balaban J connectivity index is 2.29. The predicted octanol–water partition coefficient (Wildman–Crippen LogP) is 3.30. The zero-order chi connectivity index (χ0) is 16.3. The molecule has 0 amide bonds. The molecule has 1 aromatic carbocycles. The maximum Gasteiger partial charge on any atom is 0.308 e. The number of hydrogen-bond acceptors (Lipinski definition) is 6. The second kappa shape index (κ2) is 6.79. The Morgan fingerprint density at radius 1 is 1.09 bits per heavy atom. The van der Waals surface area contributed by atoms with Crippen molar-refractivity contribution in [2.75, 3.05) is 21.3 Å². The van der Waals surface area contributed by atoms with Gasteiger partial charge < -0.3 is 14.2 Å². The highest BCUT2D eigenvalue weighted by Crippen LogP contribution is 2.36. The van der Waals surface area contributed by atoms with Crippen LogP contribution in [0, 0.1) is 5.92 Å². The molecule has 1 atom stereocenters. The molecule has 5 nitrogen and oxygen atoms in total. The van der Waals surface area contributed by atoms with Crippen LogP contribution in [0.25, 0.3) is 10.1 Å². The molecule has 0 radical (unpaired) electrons. The van der Waals surface area contributed by atoms with Crippen LogP contribution < -0.4 is 9.47 Å².